The zero-order chi connectivity index (χ0) is 14.1. The van der Waals surface area contributed by atoms with Crippen molar-refractivity contribution in [3.8, 4) is 11.1 Å². The normalized spacial score (nSPS) is 22.6. The molecular formula is C16H21N3O. The molecule has 2 aromatic rings. The van der Waals surface area contributed by atoms with Crippen molar-refractivity contribution in [3.05, 3.63) is 46.9 Å². The lowest BCUT2D eigenvalue weighted by atomic mass is 10.1. The van der Waals surface area contributed by atoms with E-state index in [1.165, 1.54) is 12.8 Å². The monoisotopic (exact) mass is 271 g/mol. The molecule has 4 heteroatoms. The number of hydrogen-bond donors (Lipinski definition) is 1. The van der Waals surface area contributed by atoms with Gasteiger partial charge in [0.2, 0.25) is 0 Å². The van der Waals surface area contributed by atoms with Crippen LogP contribution < -0.4 is 5.56 Å². The average Bonchev–Trinajstić information content (AvgIpc) is 3.05. The van der Waals surface area contributed by atoms with Crippen molar-refractivity contribution in [2.45, 2.75) is 31.3 Å². The molecule has 1 aromatic heterocycles. The molecule has 0 amide bonds. The number of aromatic nitrogens is 2. The van der Waals surface area contributed by atoms with E-state index >= 15 is 0 Å². The summed E-state index contributed by atoms with van der Waals surface area (Å²) >= 11 is 0. The van der Waals surface area contributed by atoms with E-state index < -0.39 is 0 Å². The van der Waals surface area contributed by atoms with E-state index in [0.29, 0.717) is 12.1 Å². The van der Waals surface area contributed by atoms with Crippen molar-refractivity contribution in [1.82, 2.24) is 14.7 Å². The van der Waals surface area contributed by atoms with Crippen LogP contribution in [0.3, 0.4) is 0 Å². The van der Waals surface area contributed by atoms with Gasteiger partial charge in [0.15, 0.2) is 0 Å². The van der Waals surface area contributed by atoms with Crippen LogP contribution >= 0.6 is 0 Å². The number of likely N-dealkylation sites (N-methyl/N-ethyl adjacent to an activating group) is 1. The molecule has 0 bridgehead atoms. The Hall–Kier alpha value is -1.81. The SMILES string of the molecule is CN(C)C1CCCC1n1cc(-c2ccccc2)c(=O)[nH]1. The lowest BCUT2D eigenvalue weighted by molar-refractivity contribution is 0.228. The highest BCUT2D eigenvalue weighted by atomic mass is 16.1. The minimum atomic E-state index is 0.000561. The highest BCUT2D eigenvalue weighted by Gasteiger charge is 2.30. The van der Waals surface area contributed by atoms with Gasteiger partial charge in [-0.2, -0.15) is 0 Å². The third kappa shape index (κ3) is 2.31. The maximum absolute atomic E-state index is 12.2. The summed E-state index contributed by atoms with van der Waals surface area (Å²) in [6.07, 6.45) is 5.51. The van der Waals surface area contributed by atoms with Crippen LogP contribution in [-0.2, 0) is 0 Å². The maximum atomic E-state index is 12.2. The van der Waals surface area contributed by atoms with E-state index in [-0.39, 0.29) is 5.56 Å². The average molecular weight is 271 g/mol. The quantitative estimate of drug-likeness (QED) is 0.932. The van der Waals surface area contributed by atoms with Crippen LogP contribution in [0.15, 0.2) is 41.3 Å². The summed E-state index contributed by atoms with van der Waals surface area (Å²) in [7, 11) is 4.23. The molecule has 1 fully saturated rings. The Bertz CT molecular complexity index is 627. The van der Waals surface area contributed by atoms with E-state index in [1.807, 2.05) is 41.2 Å². The molecule has 0 saturated heterocycles. The molecule has 3 rings (SSSR count). The predicted molar refractivity (Wildman–Crippen MR) is 80.9 cm³/mol. The number of H-pyrrole nitrogens is 1. The molecule has 1 N–H and O–H groups in total. The van der Waals surface area contributed by atoms with Gasteiger partial charge in [0.1, 0.15) is 0 Å². The number of benzene rings is 1. The molecule has 1 saturated carbocycles. The summed E-state index contributed by atoms with van der Waals surface area (Å²) in [6, 6.07) is 10.7. The van der Waals surface area contributed by atoms with Crippen LogP contribution in [0.5, 0.6) is 0 Å². The van der Waals surface area contributed by atoms with E-state index in [9.17, 15) is 4.79 Å². The Morgan fingerprint density at radius 2 is 1.95 bits per heavy atom. The summed E-state index contributed by atoms with van der Waals surface area (Å²) in [6.45, 7) is 0. The van der Waals surface area contributed by atoms with Gasteiger partial charge in [0.05, 0.1) is 11.6 Å². The summed E-state index contributed by atoms with van der Waals surface area (Å²) in [5.74, 6) is 0. The van der Waals surface area contributed by atoms with E-state index in [0.717, 1.165) is 17.5 Å². The van der Waals surface area contributed by atoms with Crippen molar-refractivity contribution in [2.75, 3.05) is 14.1 Å². The van der Waals surface area contributed by atoms with Crippen LogP contribution in [0.4, 0.5) is 0 Å². The van der Waals surface area contributed by atoms with Gasteiger partial charge in [-0.05, 0) is 38.9 Å². The molecular weight excluding hydrogens is 250 g/mol. The minimum absolute atomic E-state index is 0.000561. The highest BCUT2D eigenvalue weighted by Crippen LogP contribution is 2.32. The topological polar surface area (TPSA) is 41.0 Å². The van der Waals surface area contributed by atoms with Crippen molar-refractivity contribution in [2.24, 2.45) is 0 Å². The Morgan fingerprint density at radius 3 is 2.65 bits per heavy atom. The largest absolute Gasteiger partial charge is 0.304 e. The molecule has 0 radical (unpaired) electrons. The van der Waals surface area contributed by atoms with Crippen molar-refractivity contribution < 1.29 is 0 Å². The fourth-order valence-electron chi connectivity index (χ4n) is 3.26. The van der Waals surface area contributed by atoms with Crippen molar-refractivity contribution in [3.63, 3.8) is 0 Å². The predicted octanol–water partition coefficient (Wildman–Crippen LogP) is 2.50. The molecule has 1 aromatic carbocycles. The smallest absolute Gasteiger partial charge is 0.271 e. The van der Waals surface area contributed by atoms with E-state index in [4.69, 9.17) is 0 Å². The summed E-state index contributed by atoms with van der Waals surface area (Å²) in [5, 5.41) is 3.00. The van der Waals surface area contributed by atoms with Gasteiger partial charge in [0.25, 0.3) is 5.56 Å². The highest BCUT2D eigenvalue weighted by molar-refractivity contribution is 5.61. The summed E-state index contributed by atoms with van der Waals surface area (Å²) in [4.78, 5) is 14.4. The van der Waals surface area contributed by atoms with Gasteiger partial charge < -0.3 is 4.90 Å². The first-order chi connectivity index (χ1) is 9.66. The van der Waals surface area contributed by atoms with Gasteiger partial charge >= 0.3 is 0 Å². The first-order valence-electron chi connectivity index (χ1n) is 7.20. The fourth-order valence-corrected chi connectivity index (χ4v) is 3.26. The molecule has 106 valence electrons. The molecule has 1 aliphatic carbocycles. The van der Waals surface area contributed by atoms with Crippen molar-refractivity contribution in [1.29, 1.82) is 0 Å². The molecule has 1 aliphatic rings. The number of aromatic amines is 1. The Labute approximate surface area is 119 Å². The number of hydrogen-bond acceptors (Lipinski definition) is 2. The van der Waals surface area contributed by atoms with Crippen molar-refractivity contribution >= 4 is 0 Å². The zero-order valence-corrected chi connectivity index (χ0v) is 12.0. The Balaban J connectivity index is 1.95. The number of rotatable bonds is 3. The molecule has 1 heterocycles. The number of nitrogens with zero attached hydrogens (tertiary/aromatic N) is 2. The molecule has 0 aliphatic heterocycles. The molecule has 2 unspecified atom stereocenters. The van der Waals surface area contributed by atoms with Gasteiger partial charge in [-0.25, -0.2) is 0 Å². The van der Waals surface area contributed by atoms with E-state index in [2.05, 4.69) is 24.1 Å². The van der Waals surface area contributed by atoms with E-state index in [1.54, 1.807) is 0 Å². The van der Waals surface area contributed by atoms with Crippen LogP contribution in [0.1, 0.15) is 25.3 Å². The first kappa shape index (κ1) is 13.2. The molecule has 0 spiro atoms. The Kier molecular flexibility index (Phi) is 3.49. The van der Waals surface area contributed by atoms with Crippen LogP contribution in [0.2, 0.25) is 0 Å². The minimum Gasteiger partial charge on any atom is -0.304 e. The van der Waals surface area contributed by atoms with Gasteiger partial charge in [-0.15, -0.1) is 0 Å². The van der Waals surface area contributed by atoms with Crippen LogP contribution in [0, 0.1) is 0 Å². The van der Waals surface area contributed by atoms with Gasteiger partial charge in [-0.3, -0.25) is 14.6 Å². The number of nitrogens with one attached hydrogen (secondary N) is 1. The summed E-state index contributed by atoms with van der Waals surface area (Å²) < 4.78 is 2.02. The van der Waals surface area contributed by atoms with Gasteiger partial charge in [0, 0.05) is 12.2 Å². The lowest BCUT2D eigenvalue weighted by Gasteiger charge is -2.26. The second-order valence-electron chi connectivity index (χ2n) is 5.79. The molecule has 4 nitrogen and oxygen atoms in total. The molecule has 20 heavy (non-hydrogen) atoms. The first-order valence-corrected chi connectivity index (χ1v) is 7.20. The van der Waals surface area contributed by atoms with Gasteiger partial charge in [-0.1, -0.05) is 30.3 Å². The second-order valence-corrected chi connectivity index (χ2v) is 5.79. The maximum Gasteiger partial charge on any atom is 0.271 e. The van der Waals surface area contributed by atoms with Crippen LogP contribution in [0.25, 0.3) is 11.1 Å². The fraction of sp³-hybridized carbons (Fsp3) is 0.438. The Morgan fingerprint density at radius 1 is 1.20 bits per heavy atom. The second kappa shape index (κ2) is 5.29. The zero-order valence-electron chi connectivity index (χ0n) is 12.0. The third-order valence-corrected chi connectivity index (χ3v) is 4.29. The molecule has 2 atom stereocenters. The lowest BCUT2D eigenvalue weighted by Crippen LogP contribution is -2.33. The standard InChI is InChI=1S/C16H21N3O/c1-18(2)14-9-6-10-15(14)19-11-13(16(20)17-19)12-7-4-3-5-8-12/h3-5,7-8,11,14-15H,6,9-10H2,1-2H3,(H,17,20). The third-order valence-electron chi connectivity index (χ3n) is 4.29. The summed E-state index contributed by atoms with van der Waals surface area (Å²) in [5.41, 5.74) is 1.74. The van der Waals surface area contributed by atoms with Crippen LogP contribution in [-0.4, -0.2) is 34.8 Å².